The maximum atomic E-state index is 13.4. The van der Waals surface area contributed by atoms with Gasteiger partial charge in [-0.05, 0) is 42.5 Å². The lowest BCUT2D eigenvalue weighted by molar-refractivity contribution is -0.114. The number of hydrogen-bond acceptors (Lipinski definition) is 4. The van der Waals surface area contributed by atoms with E-state index in [2.05, 4.69) is 11.9 Å². The minimum Gasteiger partial charge on any atom is -0.489 e. The van der Waals surface area contributed by atoms with Crippen molar-refractivity contribution < 1.29 is 17.9 Å². The van der Waals surface area contributed by atoms with Crippen LogP contribution in [0.5, 0.6) is 5.75 Å². The van der Waals surface area contributed by atoms with Crippen LogP contribution in [0.15, 0.2) is 90.3 Å². The van der Waals surface area contributed by atoms with Crippen LogP contribution in [0.25, 0.3) is 0 Å². The van der Waals surface area contributed by atoms with Gasteiger partial charge >= 0.3 is 0 Å². The fraction of sp³-hybridized carbons (Fsp3) is 0.0870. The largest absolute Gasteiger partial charge is 0.489 e. The van der Waals surface area contributed by atoms with Crippen LogP contribution in [0, 0.1) is 0 Å². The molecule has 1 N–H and O–H groups in total. The maximum absolute atomic E-state index is 13.4. The summed E-state index contributed by atoms with van der Waals surface area (Å²) >= 11 is 12.3. The molecule has 9 heteroatoms. The van der Waals surface area contributed by atoms with Gasteiger partial charge in [-0.15, -0.1) is 0 Å². The van der Waals surface area contributed by atoms with Crippen LogP contribution in [0.2, 0.25) is 10.0 Å². The molecular weight excluding hydrogens is 471 g/mol. The Bertz CT molecular complexity index is 1220. The standard InChI is InChI=1S/C23H20Cl2N2O4S/c1-2-13-31-19-8-6-7-18(15-19)26-23(28)16-27(22-12-11-17(24)14-21(22)25)32(29,30)20-9-4-3-5-10-20/h2-12,14-15H,1,13,16H2,(H,26,28). The topological polar surface area (TPSA) is 75.7 Å². The molecule has 0 heterocycles. The highest BCUT2D eigenvalue weighted by molar-refractivity contribution is 7.92. The van der Waals surface area contributed by atoms with Crippen molar-refractivity contribution in [2.45, 2.75) is 4.90 Å². The van der Waals surface area contributed by atoms with Gasteiger partial charge in [0.05, 0.1) is 15.6 Å². The molecule has 0 spiro atoms. The Morgan fingerprint density at radius 2 is 1.78 bits per heavy atom. The van der Waals surface area contributed by atoms with Gasteiger partial charge in [0.25, 0.3) is 10.0 Å². The molecule has 32 heavy (non-hydrogen) atoms. The first-order valence-corrected chi connectivity index (χ1v) is 11.7. The lowest BCUT2D eigenvalue weighted by Gasteiger charge is -2.25. The Morgan fingerprint density at radius 3 is 2.47 bits per heavy atom. The fourth-order valence-corrected chi connectivity index (χ4v) is 4.87. The molecule has 0 radical (unpaired) electrons. The van der Waals surface area contributed by atoms with Gasteiger partial charge in [0, 0.05) is 16.8 Å². The molecule has 0 atom stereocenters. The lowest BCUT2D eigenvalue weighted by Crippen LogP contribution is -2.38. The zero-order valence-electron chi connectivity index (χ0n) is 16.9. The quantitative estimate of drug-likeness (QED) is 0.407. The third kappa shape index (κ3) is 5.82. The Morgan fingerprint density at radius 1 is 1.03 bits per heavy atom. The molecule has 0 saturated heterocycles. The molecule has 0 aliphatic carbocycles. The Labute approximate surface area is 197 Å². The third-order valence-corrected chi connectivity index (χ3v) is 6.59. The van der Waals surface area contributed by atoms with E-state index in [1.807, 2.05) is 0 Å². The molecule has 0 fully saturated rings. The number of sulfonamides is 1. The molecule has 3 rings (SSSR count). The van der Waals surface area contributed by atoms with E-state index >= 15 is 0 Å². The molecular formula is C23H20Cl2N2O4S. The highest BCUT2D eigenvalue weighted by Crippen LogP contribution is 2.32. The van der Waals surface area contributed by atoms with Crippen LogP contribution in [0.4, 0.5) is 11.4 Å². The average molecular weight is 491 g/mol. The Balaban J connectivity index is 1.91. The van der Waals surface area contributed by atoms with Gasteiger partial charge in [-0.2, -0.15) is 0 Å². The van der Waals surface area contributed by atoms with E-state index in [0.717, 1.165) is 4.31 Å². The van der Waals surface area contributed by atoms with E-state index in [1.165, 1.54) is 30.3 Å². The highest BCUT2D eigenvalue weighted by atomic mass is 35.5. The summed E-state index contributed by atoms with van der Waals surface area (Å²) in [5.41, 5.74) is 0.592. The molecule has 0 aliphatic heterocycles. The number of benzene rings is 3. The van der Waals surface area contributed by atoms with Gasteiger partial charge in [-0.1, -0.05) is 60.1 Å². The number of amides is 1. The second-order valence-corrected chi connectivity index (χ2v) is 9.30. The number of carbonyl (C=O) groups excluding carboxylic acids is 1. The molecule has 3 aromatic carbocycles. The fourth-order valence-electron chi connectivity index (χ4n) is 2.85. The summed E-state index contributed by atoms with van der Waals surface area (Å²) in [6.45, 7) is 3.40. The second kappa shape index (κ2) is 10.5. The lowest BCUT2D eigenvalue weighted by atomic mass is 10.3. The molecule has 1 amide bonds. The molecule has 0 bridgehead atoms. The van der Waals surface area contributed by atoms with Gasteiger partial charge in [0.1, 0.15) is 18.9 Å². The molecule has 0 aromatic heterocycles. The van der Waals surface area contributed by atoms with E-state index in [4.69, 9.17) is 27.9 Å². The number of hydrogen-bond donors (Lipinski definition) is 1. The minimum atomic E-state index is -4.09. The molecule has 0 saturated carbocycles. The number of halogens is 2. The van der Waals surface area contributed by atoms with Crippen molar-refractivity contribution in [1.29, 1.82) is 0 Å². The first-order valence-electron chi connectivity index (χ1n) is 9.47. The van der Waals surface area contributed by atoms with E-state index < -0.39 is 22.5 Å². The van der Waals surface area contributed by atoms with E-state index in [9.17, 15) is 13.2 Å². The summed E-state index contributed by atoms with van der Waals surface area (Å²) in [4.78, 5) is 12.9. The predicted octanol–water partition coefficient (Wildman–Crippen LogP) is 5.39. The van der Waals surface area contributed by atoms with Crippen LogP contribution in [0.3, 0.4) is 0 Å². The normalized spacial score (nSPS) is 10.9. The van der Waals surface area contributed by atoms with Crippen molar-refractivity contribution in [2.75, 3.05) is 22.8 Å². The Kier molecular flexibility index (Phi) is 7.80. The highest BCUT2D eigenvalue weighted by Gasteiger charge is 2.28. The van der Waals surface area contributed by atoms with Crippen LogP contribution in [-0.4, -0.2) is 27.5 Å². The van der Waals surface area contributed by atoms with Gasteiger partial charge in [-0.3, -0.25) is 9.10 Å². The first kappa shape index (κ1) is 23.7. The number of rotatable bonds is 9. The van der Waals surface area contributed by atoms with Crippen LogP contribution >= 0.6 is 23.2 Å². The van der Waals surface area contributed by atoms with Crippen molar-refractivity contribution >= 4 is 50.5 Å². The van der Waals surface area contributed by atoms with Crippen molar-refractivity contribution in [3.05, 3.63) is 95.5 Å². The maximum Gasteiger partial charge on any atom is 0.264 e. The summed E-state index contributed by atoms with van der Waals surface area (Å²) in [6.07, 6.45) is 1.60. The SMILES string of the molecule is C=CCOc1cccc(NC(=O)CN(c2ccc(Cl)cc2Cl)S(=O)(=O)c2ccccc2)c1. The van der Waals surface area contributed by atoms with E-state index in [0.29, 0.717) is 23.1 Å². The number of nitrogens with zero attached hydrogens (tertiary/aromatic N) is 1. The van der Waals surface area contributed by atoms with E-state index in [1.54, 1.807) is 48.5 Å². The minimum absolute atomic E-state index is 0.0265. The summed E-state index contributed by atoms with van der Waals surface area (Å²) in [6, 6.07) is 18.9. The van der Waals surface area contributed by atoms with Crippen molar-refractivity contribution in [3.63, 3.8) is 0 Å². The van der Waals surface area contributed by atoms with Gasteiger partial charge in [-0.25, -0.2) is 8.42 Å². The molecule has 6 nitrogen and oxygen atoms in total. The van der Waals surface area contributed by atoms with Crippen LogP contribution in [-0.2, 0) is 14.8 Å². The van der Waals surface area contributed by atoms with Crippen molar-refractivity contribution in [2.24, 2.45) is 0 Å². The van der Waals surface area contributed by atoms with Gasteiger partial charge < -0.3 is 10.1 Å². The van der Waals surface area contributed by atoms with Crippen molar-refractivity contribution in [1.82, 2.24) is 0 Å². The summed E-state index contributed by atoms with van der Waals surface area (Å²) in [5, 5.41) is 3.14. The summed E-state index contributed by atoms with van der Waals surface area (Å²) in [5.74, 6) is -0.0198. The molecule has 0 aliphatic rings. The summed E-state index contributed by atoms with van der Waals surface area (Å²) < 4.78 is 33.1. The van der Waals surface area contributed by atoms with Gasteiger partial charge in [0.15, 0.2) is 0 Å². The second-order valence-electron chi connectivity index (χ2n) is 6.60. The van der Waals surface area contributed by atoms with Crippen LogP contribution in [0.1, 0.15) is 0 Å². The monoisotopic (exact) mass is 490 g/mol. The zero-order valence-corrected chi connectivity index (χ0v) is 19.2. The number of carbonyl (C=O) groups is 1. The number of nitrogens with one attached hydrogen (secondary N) is 1. The molecule has 0 unspecified atom stereocenters. The zero-order chi connectivity index (χ0) is 23.1. The predicted molar refractivity (Wildman–Crippen MR) is 128 cm³/mol. The van der Waals surface area contributed by atoms with E-state index in [-0.39, 0.29) is 15.6 Å². The number of anilines is 2. The third-order valence-electron chi connectivity index (χ3n) is 4.28. The first-order chi connectivity index (χ1) is 15.3. The number of ether oxygens (including phenoxy) is 1. The van der Waals surface area contributed by atoms with Crippen LogP contribution < -0.4 is 14.4 Å². The van der Waals surface area contributed by atoms with Crippen molar-refractivity contribution in [3.8, 4) is 5.75 Å². The smallest absolute Gasteiger partial charge is 0.264 e. The molecule has 3 aromatic rings. The average Bonchev–Trinajstić information content (AvgIpc) is 2.77. The summed E-state index contributed by atoms with van der Waals surface area (Å²) in [7, 11) is -4.09. The molecule has 166 valence electrons. The van der Waals surface area contributed by atoms with Gasteiger partial charge in [0.2, 0.25) is 5.91 Å². The Hall–Kier alpha value is -3.00.